The number of guanidine groups is 1. The maximum Gasteiger partial charge on any atom is 0.252 e. The van der Waals surface area contributed by atoms with Crippen LogP contribution >= 0.6 is 0 Å². The van der Waals surface area contributed by atoms with Gasteiger partial charge in [0.1, 0.15) is 41.4 Å². The molecule has 3 fully saturated rings. The molecular weight excluding hydrogens is 608 g/mol. The molecule has 264 valence electrons. The Morgan fingerprint density at radius 3 is 2.46 bits per heavy atom. The van der Waals surface area contributed by atoms with Crippen molar-refractivity contribution < 1.29 is 49.3 Å². The number of aliphatic hydroxyl groups excluding tert-OH is 3. The second-order valence-corrected chi connectivity index (χ2v) is 12.9. The molecule has 18 nitrogen and oxygen atoms in total. The van der Waals surface area contributed by atoms with E-state index >= 15 is 0 Å². The Morgan fingerprint density at radius 1 is 1.11 bits per heavy atom. The number of nitrogens with zero attached hydrogens (tertiary/aromatic N) is 1. The molecule has 0 aromatic rings. The van der Waals surface area contributed by atoms with Gasteiger partial charge in [-0.3, -0.25) is 9.79 Å². The normalized spacial score (nSPS) is 42.7. The van der Waals surface area contributed by atoms with Crippen molar-refractivity contribution in [1.82, 2.24) is 16.0 Å². The molecule has 0 unspecified atom stereocenters. The lowest BCUT2D eigenvalue weighted by atomic mass is 9.74. The average molecular weight is 661 g/mol. The van der Waals surface area contributed by atoms with Gasteiger partial charge < -0.3 is 83.4 Å². The van der Waals surface area contributed by atoms with Crippen molar-refractivity contribution >= 4 is 11.9 Å². The second-order valence-electron chi connectivity index (χ2n) is 12.9. The maximum absolute atomic E-state index is 13.3. The van der Waals surface area contributed by atoms with Crippen LogP contribution < -0.4 is 38.9 Å². The number of nitrogens with one attached hydrogen (secondary N) is 3. The molecule has 4 rings (SSSR count). The molecule has 2 heterocycles. The number of hydrogen-bond acceptors (Lipinski definition) is 15. The SMILES string of the molecule is CN[C@@H]1[C@@H](O)[C@@H](O[C@@H]2[C@@H](O)[C@H](O[C@H]3OC(CNCCCO)=CC[C@H]3N)[C@@H](N)C[C@H]2NC(=O)C2(O)CC(N=C(N)N)C2)OC[C@]1(C)O. The predicted octanol–water partition coefficient (Wildman–Crippen LogP) is -5.51. The number of rotatable bonds is 13. The Balaban J connectivity index is 1.50. The number of amides is 1. The summed E-state index contributed by atoms with van der Waals surface area (Å²) < 4.78 is 24.0. The molecule has 4 aliphatic rings. The van der Waals surface area contributed by atoms with E-state index in [1.165, 1.54) is 6.92 Å². The molecule has 18 heteroatoms. The van der Waals surface area contributed by atoms with E-state index < -0.39 is 84.3 Å². The quantitative estimate of drug-likeness (QED) is 0.0498. The summed E-state index contributed by atoms with van der Waals surface area (Å²) in [6.45, 7) is 2.32. The van der Waals surface area contributed by atoms with Gasteiger partial charge in [0.25, 0.3) is 5.91 Å². The summed E-state index contributed by atoms with van der Waals surface area (Å²) in [7, 11) is 1.57. The third-order valence-corrected chi connectivity index (χ3v) is 9.00. The van der Waals surface area contributed by atoms with Crippen LogP contribution in [-0.2, 0) is 23.7 Å². The van der Waals surface area contributed by atoms with Crippen LogP contribution in [0.2, 0.25) is 0 Å². The highest BCUT2D eigenvalue weighted by atomic mass is 16.7. The van der Waals surface area contributed by atoms with E-state index in [9.17, 15) is 25.2 Å². The largest absolute Gasteiger partial charge is 0.467 e. The summed E-state index contributed by atoms with van der Waals surface area (Å²) in [5.74, 6) is -0.298. The summed E-state index contributed by atoms with van der Waals surface area (Å²) in [4.78, 5) is 17.3. The Morgan fingerprint density at radius 2 is 1.80 bits per heavy atom. The van der Waals surface area contributed by atoms with E-state index in [2.05, 4.69) is 20.9 Å². The monoisotopic (exact) mass is 660 g/mol. The fraction of sp³-hybridized carbons (Fsp3) is 0.857. The number of aliphatic hydroxyl groups is 5. The Bertz CT molecular complexity index is 1090. The number of nitrogens with two attached hydrogens (primary N) is 4. The third-order valence-electron chi connectivity index (χ3n) is 9.00. The lowest BCUT2D eigenvalue weighted by Gasteiger charge is -2.49. The number of aliphatic imine (C=N–C) groups is 1. The van der Waals surface area contributed by atoms with Gasteiger partial charge in [0.15, 0.2) is 12.2 Å². The zero-order chi connectivity index (χ0) is 33.8. The van der Waals surface area contributed by atoms with Gasteiger partial charge >= 0.3 is 0 Å². The second kappa shape index (κ2) is 15.3. The molecule has 2 aliphatic heterocycles. The van der Waals surface area contributed by atoms with Gasteiger partial charge in [-0.2, -0.15) is 0 Å². The van der Waals surface area contributed by atoms with Crippen molar-refractivity contribution in [3.05, 3.63) is 11.8 Å². The highest BCUT2D eigenvalue weighted by molar-refractivity contribution is 5.87. The van der Waals surface area contributed by atoms with Crippen molar-refractivity contribution in [3.63, 3.8) is 0 Å². The highest BCUT2D eigenvalue weighted by Gasteiger charge is 2.54. The molecule has 11 atom stereocenters. The fourth-order valence-electron chi connectivity index (χ4n) is 6.44. The Kier molecular flexibility index (Phi) is 12.2. The maximum atomic E-state index is 13.3. The lowest BCUT2D eigenvalue weighted by Crippen LogP contribution is -2.70. The first-order valence-electron chi connectivity index (χ1n) is 15.7. The molecule has 2 aliphatic carbocycles. The van der Waals surface area contributed by atoms with Crippen LogP contribution in [0.1, 0.15) is 39.0 Å². The average Bonchev–Trinajstić information content (AvgIpc) is 2.96. The summed E-state index contributed by atoms with van der Waals surface area (Å²) in [5, 5.41) is 62.1. The van der Waals surface area contributed by atoms with E-state index in [0.29, 0.717) is 31.7 Å². The molecule has 0 radical (unpaired) electrons. The fourth-order valence-corrected chi connectivity index (χ4v) is 6.44. The zero-order valence-electron chi connectivity index (χ0n) is 26.3. The van der Waals surface area contributed by atoms with Crippen molar-refractivity contribution in [2.45, 2.75) is 117 Å². The summed E-state index contributed by atoms with van der Waals surface area (Å²) >= 11 is 0. The van der Waals surface area contributed by atoms with E-state index in [4.69, 9.17) is 47.0 Å². The van der Waals surface area contributed by atoms with Crippen LogP contribution in [0.3, 0.4) is 0 Å². The van der Waals surface area contributed by atoms with E-state index in [0.717, 1.165) is 0 Å². The lowest BCUT2D eigenvalue weighted by molar-refractivity contribution is -0.304. The van der Waals surface area contributed by atoms with E-state index in [-0.39, 0.29) is 38.4 Å². The third kappa shape index (κ3) is 8.44. The van der Waals surface area contributed by atoms with Crippen molar-refractivity contribution in [2.75, 3.05) is 33.4 Å². The van der Waals surface area contributed by atoms with Gasteiger partial charge in [-0.25, -0.2) is 0 Å². The smallest absolute Gasteiger partial charge is 0.252 e. The van der Waals surface area contributed by atoms with Gasteiger partial charge in [-0.1, -0.05) is 0 Å². The van der Waals surface area contributed by atoms with Gasteiger partial charge in [0.2, 0.25) is 6.29 Å². The summed E-state index contributed by atoms with van der Waals surface area (Å²) in [6.07, 6.45) is -4.63. The molecule has 0 spiro atoms. The van der Waals surface area contributed by atoms with E-state index in [1.54, 1.807) is 7.05 Å². The Labute approximate surface area is 267 Å². The predicted molar refractivity (Wildman–Crippen MR) is 163 cm³/mol. The number of hydrogen-bond donors (Lipinski definition) is 12. The molecule has 0 aromatic carbocycles. The zero-order valence-corrected chi connectivity index (χ0v) is 26.3. The standard InChI is InChI=1S/C28H52N8O10/c1-27(41)12-43-24(19(39)22(27)33-2)46-21-17(36-25(40)28(42)9-13(10-28)35-26(31)32)8-16(30)20(18(21)38)45-23-15(29)5-4-14(44-23)11-34-6-3-7-37/h4,13,15-24,33-34,37-39,41-42H,3,5-12,29-30H2,1-2H3,(H,36,40)(H4,31,32,35)/t13?,15-,16+,17-,18+,19-,20-,21+,22-,23-,24-,27+,28?/m1/s1. The van der Waals surface area contributed by atoms with Gasteiger partial charge in [-0.15, -0.1) is 0 Å². The topological polar surface area (TPSA) is 308 Å². The van der Waals surface area contributed by atoms with Crippen LogP contribution in [0.5, 0.6) is 0 Å². The number of ether oxygens (including phenoxy) is 4. The summed E-state index contributed by atoms with van der Waals surface area (Å²) in [5.41, 5.74) is 20.5. The van der Waals surface area contributed by atoms with Crippen LogP contribution in [-0.4, -0.2) is 149 Å². The first-order valence-corrected chi connectivity index (χ1v) is 15.7. The van der Waals surface area contributed by atoms with Crippen molar-refractivity contribution in [2.24, 2.45) is 27.9 Å². The molecule has 1 saturated heterocycles. The number of carbonyl (C=O) groups is 1. The Hall–Kier alpha value is -2.20. The minimum Gasteiger partial charge on any atom is -0.467 e. The number of likely N-dealkylation sites (N-methyl/N-ethyl adjacent to an activating group) is 1. The van der Waals surface area contributed by atoms with Crippen LogP contribution in [0.4, 0.5) is 0 Å². The molecule has 0 aromatic heterocycles. The molecule has 46 heavy (non-hydrogen) atoms. The van der Waals surface area contributed by atoms with Gasteiger partial charge in [-0.05, 0) is 45.9 Å². The molecule has 0 bridgehead atoms. The van der Waals surface area contributed by atoms with Crippen LogP contribution in [0.15, 0.2) is 16.8 Å². The van der Waals surface area contributed by atoms with Crippen molar-refractivity contribution in [1.29, 1.82) is 0 Å². The molecule has 2 saturated carbocycles. The minimum absolute atomic E-state index is 0.0136. The van der Waals surface area contributed by atoms with E-state index in [1.807, 2.05) is 6.08 Å². The first kappa shape index (κ1) is 36.6. The number of carbonyl (C=O) groups excluding carboxylic acids is 1. The first-order chi connectivity index (χ1) is 21.7. The molecule has 16 N–H and O–H groups in total. The molecular formula is C28H52N8O10. The minimum atomic E-state index is -1.76. The van der Waals surface area contributed by atoms with Crippen LogP contribution in [0, 0.1) is 0 Å². The molecule has 1 amide bonds. The van der Waals surface area contributed by atoms with Crippen molar-refractivity contribution in [3.8, 4) is 0 Å². The van der Waals surface area contributed by atoms with Gasteiger partial charge in [0.05, 0.1) is 37.3 Å². The highest BCUT2D eigenvalue weighted by Crippen LogP contribution is 2.36. The summed E-state index contributed by atoms with van der Waals surface area (Å²) in [6, 6.07) is -3.65. The van der Waals surface area contributed by atoms with Gasteiger partial charge in [0, 0.05) is 25.5 Å². The van der Waals surface area contributed by atoms with Crippen LogP contribution in [0.25, 0.3) is 0 Å².